The van der Waals surface area contributed by atoms with E-state index in [1.807, 2.05) is 63.2 Å². The van der Waals surface area contributed by atoms with Gasteiger partial charge in [-0.25, -0.2) is 4.98 Å². The minimum Gasteiger partial charge on any atom is -0.497 e. The number of ether oxygens (including phenoxy) is 1. The zero-order valence-corrected chi connectivity index (χ0v) is 15.0. The first-order chi connectivity index (χ1) is 11.4. The number of thiazole rings is 1. The van der Waals surface area contributed by atoms with Crippen LogP contribution in [0.3, 0.4) is 0 Å². The van der Waals surface area contributed by atoms with Crippen LogP contribution >= 0.6 is 11.3 Å². The van der Waals surface area contributed by atoms with Crippen molar-refractivity contribution < 1.29 is 9.53 Å². The van der Waals surface area contributed by atoms with E-state index in [0.717, 1.165) is 27.1 Å². The van der Waals surface area contributed by atoms with E-state index in [1.165, 1.54) is 11.3 Å². The molecule has 0 aliphatic carbocycles. The molecule has 0 atom stereocenters. The number of hydrogen-bond acceptors (Lipinski definition) is 4. The molecule has 3 rings (SSSR count). The highest BCUT2D eigenvalue weighted by Crippen LogP contribution is 2.31. The second-order valence-electron chi connectivity index (χ2n) is 6.25. The molecule has 0 fully saturated rings. The minimum absolute atomic E-state index is 0.0793. The average molecular weight is 340 g/mol. The summed E-state index contributed by atoms with van der Waals surface area (Å²) in [6.07, 6.45) is 0. The van der Waals surface area contributed by atoms with Gasteiger partial charge in [0, 0.05) is 0 Å². The minimum atomic E-state index is -0.667. The molecular weight excluding hydrogens is 320 g/mol. The van der Waals surface area contributed by atoms with Crippen molar-refractivity contribution in [3.8, 4) is 5.75 Å². The summed E-state index contributed by atoms with van der Waals surface area (Å²) in [7, 11) is 1.63. The van der Waals surface area contributed by atoms with Crippen molar-refractivity contribution in [2.24, 2.45) is 0 Å². The first-order valence-electron chi connectivity index (χ1n) is 7.74. The number of anilines is 1. The van der Waals surface area contributed by atoms with Gasteiger partial charge < -0.3 is 10.1 Å². The Morgan fingerprint density at radius 3 is 2.50 bits per heavy atom. The maximum atomic E-state index is 12.8. The van der Waals surface area contributed by atoms with E-state index in [-0.39, 0.29) is 5.91 Å². The molecule has 5 heteroatoms. The van der Waals surface area contributed by atoms with Crippen molar-refractivity contribution in [1.82, 2.24) is 4.98 Å². The number of rotatable bonds is 4. The predicted molar refractivity (Wildman–Crippen MR) is 99.0 cm³/mol. The third-order valence-corrected chi connectivity index (χ3v) is 5.16. The van der Waals surface area contributed by atoms with Crippen LogP contribution < -0.4 is 10.1 Å². The normalized spacial score (nSPS) is 11.5. The topological polar surface area (TPSA) is 51.2 Å². The predicted octanol–water partition coefficient (Wildman–Crippen LogP) is 4.53. The summed E-state index contributed by atoms with van der Waals surface area (Å²) >= 11 is 1.49. The van der Waals surface area contributed by atoms with Gasteiger partial charge in [-0.15, -0.1) is 0 Å². The Hall–Kier alpha value is -2.40. The molecule has 1 N–H and O–H groups in total. The molecule has 0 aliphatic rings. The molecule has 1 aromatic heterocycles. The second kappa shape index (κ2) is 6.24. The number of aryl methyl sites for hydroxylation is 1. The van der Waals surface area contributed by atoms with E-state index in [2.05, 4.69) is 10.3 Å². The quantitative estimate of drug-likeness (QED) is 0.759. The molecule has 0 bridgehead atoms. The van der Waals surface area contributed by atoms with Gasteiger partial charge >= 0.3 is 0 Å². The van der Waals surface area contributed by atoms with Gasteiger partial charge in [0.05, 0.1) is 22.7 Å². The highest BCUT2D eigenvalue weighted by Gasteiger charge is 2.30. The van der Waals surface area contributed by atoms with Gasteiger partial charge in [-0.1, -0.05) is 35.6 Å². The SMILES string of the molecule is COc1ccc(C(C)(C)C(=O)Nc2nc3c(C)cccc3s2)cc1. The molecule has 0 aliphatic heterocycles. The third kappa shape index (κ3) is 2.99. The molecule has 3 aromatic rings. The number of hydrogen-bond donors (Lipinski definition) is 1. The Morgan fingerprint density at radius 2 is 1.88 bits per heavy atom. The number of carbonyl (C=O) groups is 1. The van der Waals surface area contributed by atoms with E-state index >= 15 is 0 Å². The van der Waals surface area contributed by atoms with Crippen molar-refractivity contribution in [3.05, 3.63) is 53.6 Å². The van der Waals surface area contributed by atoms with Crippen LogP contribution in [0.2, 0.25) is 0 Å². The van der Waals surface area contributed by atoms with E-state index in [1.54, 1.807) is 7.11 Å². The Bertz CT molecular complexity index is 882. The average Bonchev–Trinajstić information content (AvgIpc) is 2.99. The van der Waals surface area contributed by atoms with Crippen molar-refractivity contribution in [3.63, 3.8) is 0 Å². The Morgan fingerprint density at radius 1 is 1.17 bits per heavy atom. The Kier molecular flexibility index (Phi) is 4.28. The number of para-hydroxylation sites is 1. The van der Waals surface area contributed by atoms with Crippen LogP contribution in [0, 0.1) is 6.92 Å². The molecule has 0 radical (unpaired) electrons. The molecule has 4 nitrogen and oxygen atoms in total. The summed E-state index contributed by atoms with van der Waals surface area (Å²) in [6, 6.07) is 13.6. The fourth-order valence-electron chi connectivity index (χ4n) is 2.53. The van der Waals surface area contributed by atoms with Crippen LogP contribution in [0.5, 0.6) is 5.75 Å². The first-order valence-corrected chi connectivity index (χ1v) is 8.55. The number of aromatic nitrogens is 1. The van der Waals surface area contributed by atoms with Crippen molar-refractivity contribution in [2.75, 3.05) is 12.4 Å². The number of amides is 1. The molecule has 0 saturated heterocycles. The van der Waals surface area contributed by atoms with Gasteiger partial charge in [0.25, 0.3) is 0 Å². The van der Waals surface area contributed by atoms with Crippen LogP contribution in [-0.4, -0.2) is 18.0 Å². The summed E-state index contributed by atoms with van der Waals surface area (Å²) in [6.45, 7) is 5.83. The van der Waals surface area contributed by atoms with Gasteiger partial charge in [0.1, 0.15) is 5.75 Å². The molecule has 24 heavy (non-hydrogen) atoms. The van der Waals surface area contributed by atoms with E-state index in [9.17, 15) is 4.79 Å². The summed E-state index contributed by atoms with van der Waals surface area (Å²) in [5, 5.41) is 3.59. The molecular formula is C19H20N2O2S. The van der Waals surface area contributed by atoms with Crippen LogP contribution in [0.1, 0.15) is 25.0 Å². The highest BCUT2D eigenvalue weighted by molar-refractivity contribution is 7.22. The van der Waals surface area contributed by atoms with Gasteiger partial charge in [-0.05, 0) is 50.1 Å². The zero-order valence-electron chi connectivity index (χ0n) is 14.2. The standard InChI is InChI=1S/C19H20N2O2S/c1-12-6-5-7-15-16(12)20-18(24-15)21-17(22)19(2,3)13-8-10-14(23-4)11-9-13/h5-11H,1-4H3,(H,20,21,22). The van der Waals surface area contributed by atoms with Crippen molar-refractivity contribution >= 4 is 32.6 Å². The maximum absolute atomic E-state index is 12.8. The van der Waals surface area contributed by atoms with Crippen LogP contribution in [-0.2, 0) is 10.2 Å². The number of carbonyl (C=O) groups excluding carboxylic acids is 1. The van der Waals surface area contributed by atoms with E-state index < -0.39 is 5.41 Å². The Balaban J connectivity index is 1.84. The van der Waals surface area contributed by atoms with Crippen LogP contribution in [0.25, 0.3) is 10.2 Å². The third-order valence-electron chi connectivity index (χ3n) is 4.22. The highest BCUT2D eigenvalue weighted by atomic mass is 32.1. The molecule has 2 aromatic carbocycles. The maximum Gasteiger partial charge on any atom is 0.236 e. The van der Waals surface area contributed by atoms with Gasteiger partial charge in [-0.2, -0.15) is 0 Å². The van der Waals surface area contributed by atoms with Crippen molar-refractivity contribution in [2.45, 2.75) is 26.2 Å². The van der Waals surface area contributed by atoms with Crippen molar-refractivity contribution in [1.29, 1.82) is 0 Å². The molecule has 0 spiro atoms. The number of fused-ring (bicyclic) bond motifs is 1. The molecule has 124 valence electrons. The fraction of sp³-hybridized carbons (Fsp3) is 0.263. The number of nitrogens with one attached hydrogen (secondary N) is 1. The second-order valence-corrected chi connectivity index (χ2v) is 7.28. The van der Waals surface area contributed by atoms with E-state index in [0.29, 0.717) is 5.13 Å². The largest absolute Gasteiger partial charge is 0.497 e. The zero-order chi connectivity index (χ0) is 17.3. The summed E-state index contributed by atoms with van der Waals surface area (Å²) in [4.78, 5) is 17.3. The molecule has 0 saturated carbocycles. The lowest BCUT2D eigenvalue weighted by atomic mass is 9.84. The van der Waals surface area contributed by atoms with Gasteiger partial charge in [-0.3, -0.25) is 4.79 Å². The smallest absolute Gasteiger partial charge is 0.236 e. The van der Waals surface area contributed by atoms with E-state index in [4.69, 9.17) is 4.74 Å². The lowest BCUT2D eigenvalue weighted by Crippen LogP contribution is -2.34. The summed E-state index contributed by atoms with van der Waals surface area (Å²) in [5.74, 6) is 0.695. The fourth-order valence-corrected chi connectivity index (χ4v) is 3.47. The van der Waals surface area contributed by atoms with Gasteiger partial charge in [0.2, 0.25) is 5.91 Å². The number of nitrogens with zero attached hydrogens (tertiary/aromatic N) is 1. The number of benzene rings is 2. The lowest BCUT2D eigenvalue weighted by molar-refractivity contribution is -0.120. The lowest BCUT2D eigenvalue weighted by Gasteiger charge is -2.23. The summed E-state index contributed by atoms with van der Waals surface area (Å²) < 4.78 is 6.25. The van der Waals surface area contributed by atoms with Gasteiger partial charge in [0.15, 0.2) is 5.13 Å². The van der Waals surface area contributed by atoms with Crippen LogP contribution in [0.4, 0.5) is 5.13 Å². The van der Waals surface area contributed by atoms with Crippen LogP contribution in [0.15, 0.2) is 42.5 Å². The first kappa shape index (κ1) is 16.5. The molecule has 0 unspecified atom stereocenters. The number of methoxy groups -OCH3 is 1. The molecule has 1 amide bonds. The monoisotopic (exact) mass is 340 g/mol. The Labute approximate surface area is 145 Å². The molecule has 1 heterocycles. The summed E-state index contributed by atoms with van der Waals surface area (Å²) in [5.41, 5.74) is 2.32.